The van der Waals surface area contributed by atoms with Crippen LogP contribution in [0.1, 0.15) is 28.7 Å². The number of hydrogen-bond acceptors (Lipinski definition) is 0. The standard InChI is InChI=1S/C18H15Br/c19-15-10-14-9-13-7-4-8-16(13)18(17(14)11-15)12-5-2-1-3-6-12/h1-3,5-6,9-10H,4,7-8,11H2. The summed E-state index contributed by atoms with van der Waals surface area (Å²) in [5.74, 6) is 0. The number of halogens is 1. The van der Waals surface area contributed by atoms with E-state index in [1.807, 2.05) is 0 Å². The van der Waals surface area contributed by atoms with Gasteiger partial charge in [0.25, 0.3) is 0 Å². The molecule has 0 aliphatic heterocycles. The van der Waals surface area contributed by atoms with Gasteiger partial charge >= 0.3 is 0 Å². The lowest BCUT2D eigenvalue weighted by molar-refractivity contribution is 0.912. The lowest BCUT2D eigenvalue weighted by Crippen LogP contribution is -1.97. The molecule has 0 nitrogen and oxygen atoms in total. The van der Waals surface area contributed by atoms with Crippen molar-refractivity contribution in [3.05, 3.63) is 63.1 Å². The van der Waals surface area contributed by atoms with Crippen LogP contribution in [0.3, 0.4) is 0 Å². The first kappa shape index (κ1) is 11.5. The molecule has 0 fully saturated rings. The maximum Gasteiger partial charge on any atom is 0.00531 e. The minimum absolute atomic E-state index is 1.05. The molecular weight excluding hydrogens is 296 g/mol. The second kappa shape index (κ2) is 4.35. The van der Waals surface area contributed by atoms with Crippen molar-refractivity contribution in [3.8, 4) is 11.1 Å². The lowest BCUT2D eigenvalue weighted by atomic mass is 9.89. The second-order valence-electron chi connectivity index (χ2n) is 5.44. The van der Waals surface area contributed by atoms with Gasteiger partial charge in [0, 0.05) is 10.9 Å². The molecule has 2 aromatic carbocycles. The summed E-state index contributed by atoms with van der Waals surface area (Å²) in [4.78, 5) is 0. The van der Waals surface area contributed by atoms with Gasteiger partial charge in [-0.05, 0) is 58.7 Å². The van der Waals surface area contributed by atoms with Crippen LogP contribution in [0.2, 0.25) is 0 Å². The number of aryl methyl sites for hydroxylation is 1. The number of fused-ring (bicyclic) bond motifs is 2. The van der Waals surface area contributed by atoms with Crippen LogP contribution in [0.5, 0.6) is 0 Å². The van der Waals surface area contributed by atoms with Crippen molar-refractivity contribution in [1.82, 2.24) is 0 Å². The molecule has 0 amide bonds. The normalized spacial score (nSPS) is 16.2. The molecule has 0 saturated heterocycles. The average Bonchev–Trinajstić information content (AvgIpc) is 3.01. The van der Waals surface area contributed by atoms with Crippen LogP contribution in [-0.2, 0) is 19.3 Å². The Hall–Kier alpha value is -1.34. The molecule has 0 heterocycles. The van der Waals surface area contributed by atoms with Gasteiger partial charge in [-0.25, -0.2) is 0 Å². The van der Waals surface area contributed by atoms with Crippen LogP contribution in [-0.4, -0.2) is 0 Å². The lowest BCUT2D eigenvalue weighted by Gasteiger charge is -2.15. The van der Waals surface area contributed by atoms with Gasteiger partial charge in [0.05, 0.1) is 0 Å². The van der Waals surface area contributed by atoms with E-state index >= 15 is 0 Å². The van der Waals surface area contributed by atoms with Crippen molar-refractivity contribution in [3.63, 3.8) is 0 Å². The summed E-state index contributed by atoms with van der Waals surface area (Å²) >= 11 is 3.68. The largest absolute Gasteiger partial charge is 0.0622 e. The molecule has 0 spiro atoms. The summed E-state index contributed by atoms with van der Waals surface area (Å²) in [6.07, 6.45) is 7.13. The third kappa shape index (κ3) is 1.80. The number of allylic oxidation sites excluding steroid dienone is 1. The van der Waals surface area contributed by atoms with Crippen LogP contribution in [0.4, 0.5) is 0 Å². The summed E-state index contributed by atoms with van der Waals surface area (Å²) in [5, 5.41) is 0. The molecule has 0 bridgehead atoms. The Morgan fingerprint density at radius 1 is 0.947 bits per heavy atom. The Kier molecular flexibility index (Phi) is 2.63. The molecule has 19 heavy (non-hydrogen) atoms. The third-order valence-corrected chi connectivity index (χ3v) is 4.77. The molecule has 1 heteroatoms. The highest BCUT2D eigenvalue weighted by Gasteiger charge is 2.24. The van der Waals surface area contributed by atoms with Gasteiger partial charge in [0.15, 0.2) is 0 Å². The van der Waals surface area contributed by atoms with Gasteiger partial charge in [-0.15, -0.1) is 0 Å². The third-order valence-electron chi connectivity index (χ3n) is 4.26. The Bertz CT molecular complexity index is 681. The number of rotatable bonds is 1. The van der Waals surface area contributed by atoms with Crippen LogP contribution in [0.15, 0.2) is 40.9 Å². The van der Waals surface area contributed by atoms with Crippen molar-refractivity contribution in [2.45, 2.75) is 25.7 Å². The van der Waals surface area contributed by atoms with Crippen LogP contribution in [0.25, 0.3) is 17.2 Å². The molecule has 2 aromatic rings. The van der Waals surface area contributed by atoms with Gasteiger partial charge in [0.1, 0.15) is 0 Å². The molecule has 0 aromatic heterocycles. The summed E-state index contributed by atoms with van der Waals surface area (Å²) in [7, 11) is 0. The predicted octanol–water partition coefficient (Wildman–Crippen LogP) is 5.13. The molecule has 0 unspecified atom stereocenters. The minimum Gasteiger partial charge on any atom is -0.0622 e. The van der Waals surface area contributed by atoms with E-state index in [1.165, 1.54) is 46.0 Å². The van der Waals surface area contributed by atoms with Crippen LogP contribution in [0, 0.1) is 0 Å². The SMILES string of the molecule is BrC1=Cc2cc3c(c(-c4ccccc4)c2C1)CCC3. The minimum atomic E-state index is 1.05. The Balaban J connectivity index is 2.01. The fourth-order valence-electron chi connectivity index (χ4n) is 3.47. The van der Waals surface area contributed by atoms with E-state index in [1.54, 1.807) is 11.1 Å². The zero-order valence-corrected chi connectivity index (χ0v) is 12.3. The quantitative estimate of drug-likeness (QED) is 0.684. The van der Waals surface area contributed by atoms with Gasteiger partial charge in [-0.2, -0.15) is 0 Å². The molecule has 0 atom stereocenters. The maximum absolute atomic E-state index is 3.68. The first-order chi connectivity index (χ1) is 9.33. The summed E-state index contributed by atoms with van der Waals surface area (Å²) in [6, 6.07) is 13.3. The predicted molar refractivity (Wildman–Crippen MR) is 84.5 cm³/mol. The van der Waals surface area contributed by atoms with Crippen molar-refractivity contribution >= 4 is 22.0 Å². The smallest absolute Gasteiger partial charge is 0.00531 e. The number of hydrogen-bond donors (Lipinski definition) is 0. The second-order valence-corrected chi connectivity index (χ2v) is 6.46. The first-order valence-electron chi connectivity index (χ1n) is 6.92. The van der Waals surface area contributed by atoms with Gasteiger partial charge in [-0.3, -0.25) is 0 Å². The number of benzene rings is 2. The Morgan fingerprint density at radius 2 is 1.79 bits per heavy atom. The van der Waals surface area contributed by atoms with E-state index in [0.29, 0.717) is 0 Å². The Labute approximate surface area is 122 Å². The van der Waals surface area contributed by atoms with E-state index in [0.717, 1.165) is 6.42 Å². The fraction of sp³-hybridized carbons (Fsp3) is 0.222. The van der Waals surface area contributed by atoms with E-state index in [9.17, 15) is 0 Å². The summed E-state index contributed by atoms with van der Waals surface area (Å²) < 4.78 is 1.31. The van der Waals surface area contributed by atoms with Gasteiger partial charge in [0.2, 0.25) is 0 Å². The van der Waals surface area contributed by atoms with Crippen molar-refractivity contribution in [1.29, 1.82) is 0 Å². The molecule has 94 valence electrons. The highest BCUT2D eigenvalue weighted by Crippen LogP contribution is 2.42. The maximum atomic E-state index is 3.68. The molecular formula is C18H15Br. The van der Waals surface area contributed by atoms with Crippen molar-refractivity contribution < 1.29 is 0 Å². The van der Waals surface area contributed by atoms with Gasteiger partial charge < -0.3 is 0 Å². The average molecular weight is 311 g/mol. The van der Waals surface area contributed by atoms with Gasteiger partial charge in [-0.1, -0.05) is 52.3 Å². The Morgan fingerprint density at radius 3 is 2.63 bits per heavy atom. The molecule has 2 aliphatic carbocycles. The zero-order valence-electron chi connectivity index (χ0n) is 10.7. The van der Waals surface area contributed by atoms with E-state index in [4.69, 9.17) is 0 Å². The first-order valence-corrected chi connectivity index (χ1v) is 7.71. The highest BCUT2D eigenvalue weighted by molar-refractivity contribution is 9.11. The topological polar surface area (TPSA) is 0 Å². The van der Waals surface area contributed by atoms with Crippen LogP contribution < -0.4 is 0 Å². The molecule has 0 N–H and O–H groups in total. The fourth-order valence-corrected chi connectivity index (χ4v) is 4.00. The van der Waals surface area contributed by atoms with Crippen molar-refractivity contribution in [2.75, 3.05) is 0 Å². The molecule has 0 radical (unpaired) electrons. The molecule has 0 saturated carbocycles. The van der Waals surface area contributed by atoms with E-state index in [2.05, 4.69) is 58.4 Å². The van der Waals surface area contributed by atoms with Crippen molar-refractivity contribution in [2.24, 2.45) is 0 Å². The zero-order chi connectivity index (χ0) is 12.8. The monoisotopic (exact) mass is 310 g/mol. The summed E-state index contributed by atoms with van der Waals surface area (Å²) in [5.41, 5.74) is 8.99. The summed E-state index contributed by atoms with van der Waals surface area (Å²) in [6.45, 7) is 0. The van der Waals surface area contributed by atoms with E-state index < -0.39 is 0 Å². The molecule has 2 aliphatic rings. The highest BCUT2D eigenvalue weighted by atomic mass is 79.9. The van der Waals surface area contributed by atoms with Crippen LogP contribution >= 0.6 is 15.9 Å². The van der Waals surface area contributed by atoms with E-state index in [-0.39, 0.29) is 0 Å². The molecule has 4 rings (SSSR count).